The number of rotatable bonds is 6. The Morgan fingerprint density at radius 2 is 1.92 bits per heavy atom. The van der Waals surface area contributed by atoms with Crippen LogP contribution in [0.3, 0.4) is 0 Å². The molecular formula is C20H20BrNO2S. The Morgan fingerprint density at radius 3 is 2.64 bits per heavy atom. The molecule has 1 amide bonds. The first-order chi connectivity index (χ1) is 12.1. The van der Waals surface area contributed by atoms with Gasteiger partial charge in [0.2, 0.25) is 5.91 Å². The topological polar surface area (TPSA) is 38.3 Å². The summed E-state index contributed by atoms with van der Waals surface area (Å²) in [5.74, 6) is 0.719. The summed E-state index contributed by atoms with van der Waals surface area (Å²) in [6.07, 6.45) is 0.853. The van der Waals surface area contributed by atoms with Gasteiger partial charge in [-0.1, -0.05) is 24.3 Å². The molecule has 0 spiro atoms. The van der Waals surface area contributed by atoms with Gasteiger partial charge in [-0.2, -0.15) is 0 Å². The monoisotopic (exact) mass is 417 g/mol. The number of methoxy groups -OCH3 is 1. The van der Waals surface area contributed by atoms with Crippen LogP contribution in [0.25, 0.3) is 10.8 Å². The van der Waals surface area contributed by atoms with Gasteiger partial charge in [-0.15, -0.1) is 11.3 Å². The Hall–Kier alpha value is -1.85. The smallest absolute Gasteiger partial charge is 0.227 e. The molecular weight excluding hydrogens is 398 g/mol. The minimum absolute atomic E-state index is 0.0588. The van der Waals surface area contributed by atoms with Crippen molar-refractivity contribution in [1.82, 2.24) is 5.32 Å². The standard InChI is InChI=1S/C20H20BrNO2S/c1-13(20(23)22-10-9-18-7-8-19(21)25-18)14-3-4-16-12-17(24-2)6-5-15(16)11-14/h3-8,11-13H,9-10H2,1-2H3,(H,22,23)/t13-/m0/s1. The number of fused-ring (bicyclic) bond motifs is 1. The molecule has 5 heteroatoms. The number of hydrogen-bond donors (Lipinski definition) is 1. The largest absolute Gasteiger partial charge is 0.497 e. The quantitative estimate of drug-likeness (QED) is 0.603. The molecule has 0 saturated heterocycles. The molecule has 0 radical (unpaired) electrons. The van der Waals surface area contributed by atoms with Crippen LogP contribution in [0, 0.1) is 0 Å². The van der Waals surface area contributed by atoms with E-state index >= 15 is 0 Å². The van der Waals surface area contributed by atoms with Crippen molar-refractivity contribution in [2.45, 2.75) is 19.3 Å². The zero-order valence-electron chi connectivity index (χ0n) is 14.2. The molecule has 1 atom stereocenters. The molecule has 2 aromatic carbocycles. The summed E-state index contributed by atoms with van der Waals surface area (Å²) in [6.45, 7) is 2.60. The summed E-state index contributed by atoms with van der Waals surface area (Å²) >= 11 is 5.16. The maximum Gasteiger partial charge on any atom is 0.227 e. The highest BCUT2D eigenvalue weighted by atomic mass is 79.9. The Morgan fingerprint density at radius 1 is 1.16 bits per heavy atom. The Balaban J connectivity index is 1.63. The first-order valence-corrected chi connectivity index (χ1v) is 9.77. The number of benzene rings is 2. The van der Waals surface area contributed by atoms with Gasteiger partial charge in [0.15, 0.2) is 0 Å². The lowest BCUT2D eigenvalue weighted by atomic mass is 9.97. The van der Waals surface area contributed by atoms with Crippen molar-refractivity contribution >= 4 is 43.9 Å². The summed E-state index contributed by atoms with van der Waals surface area (Å²) in [5.41, 5.74) is 1.02. The van der Waals surface area contributed by atoms with E-state index in [1.165, 1.54) is 4.88 Å². The second-order valence-electron chi connectivity index (χ2n) is 5.94. The minimum Gasteiger partial charge on any atom is -0.497 e. The molecule has 0 unspecified atom stereocenters. The van der Waals surface area contributed by atoms with Gasteiger partial charge < -0.3 is 10.1 Å². The predicted octanol–water partition coefficient (Wildman–Crippen LogP) is 5.13. The third-order valence-electron chi connectivity index (χ3n) is 4.26. The Bertz CT molecular complexity index is 890. The van der Waals surface area contributed by atoms with Gasteiger partial charge >= 0.3 is 0 Å². The van der Waals surface area contributed by atoms with Gasteiger partial charge in [0.05, 0.1) is 16.8 Å². The molecule has 1 aromatic heterocycles. The van der Waals surface area contributed by atoms with Gasteiger partial charge in [0, 0.05) is 11.4 Å². The molecule has 3 aromatic rings. The van der Waals surface area contributed by atoms with Gasteiger partial charge in [-0.05, 0) is 69.9 Å². The fourth-order valence-electron chi connectivity index (χ4n) is 2.74. The van der Waals surface area contributed by atoms with Gasteiger partial charge in [-0.3, -0.25) is 4.79 Å². The van der Waals surface area contributed by atoms with E-state index in [4.69, 9.17) is 4.74 Å². The van der Waals surface area contributed by atoms with Gasteiger partial charge in [-0.25, -0.2) is 0 Å². The average molecular weight is 418 g/mol. The molecule has 0 saturated carbocycles. The van der Waals surface area contributed by atoms with Crippen molar-refractivity contribution in [1.29, 1.82) is 0 Å². The van der Waals surface area contributed by atoms with Gasteiger partial charge in [0.1, 0.15) is 5.75 Å². The lowest BCUT2D eigenvalue weighted by molar-refractivity contribution is -0.122. The van der Waals surface area contributed by atoms with Crippen molar-refractivity contribution < 1.29 is 9.53 Å². The summed E-state index contributed by atoms with van der Waals surface area (Å²) < 4.78 is 6.37. The molecule has 25 heavy (non-hydrogen) atoms. The summed E-state index contributed by atoms with van der Waals surface area (Å²) in [5, 5.41) is 5.26. The molecule has 0 bridgehead atoms. The van der Waals surface area contributed by atoms with E-state index in [-0.39, 0.29) is 11.8 Å². The molecule has 0 aliphatic rings. The summed E-state index contributed by atoms with van der Waals surface area (Å²) in [7, 11) is 1.66. The Labute approximate surface area is 160 Å². The fraction of sp³-hybridized carbons (Fsp3) is 0.250. The van der Waals surface area contributed by atoms with Crippen LogP contribution in [0.5, 0.6) is 5.75 Å². The van der Waals surface area contributed by atoms with Crippen molar-refractivity contribution in [3.05, 3.63) is 62.8 Å². The SMILES string of the molecule is COc1ccc2cc([C@H](C)C(=O)NCCc3ccc(Br)s3)ccc2c1. The molecule has 1 N–H and O–H groups in total. The number of amides is 1. The molecule has 0 aliphatic heterocycles. The van der Waals surface area contributed by atoms with Crippen LogP contribution in [-0.2, 0) is 11.2 Å². The number of halogens is 1. The van der Waals surface area contributed by atoms with E-state index in [1.807, 2.05) is 43.3 Å². The maximum absolute atomic E-state index is 12.4. The van der Waals surface area contributed by atoms with Crippen molar-refractivity contribution in [3.8, 4) is 5.75 Å². The fourth-order valence-corrected chi connectivity index (χ4v) is 4.22. The van der Waals surface area contributed by atoms with Crippen LogP contribution in [0.4, 0.5) is 0 Å². The van der Waals surface area contributed by atoms with E-state index in [1.54, 1.807) is 18.4 Å². The molecule has 0 fully saturated rings. The lowest BCUT2D eigenvalue weighted by Crippen LogP contribution is -2.29. The lowest BCUT2D eigenvalue weighted by Gasteiger charge is -2.13. The summed E-state index contributed by atoms with van der Waals surface area (Å²) in [6, 6.07) is 16.2. The highest BCUT2D eigenvalue weighted by Crippen LogP contribution is 2.25. The highest BCUT2D eigenvalue weighted by Gasteiger charge is 2.15. The van der Waals surface area contributed by atoms with Crippen molar-refractivity contribution in [3.63, 3.8) is 0 Å². The third kappa shape index (κ3) is 4.41. The maximum atomic E-state index is 12.4. The minimum atomic E-state index is -0.179. The van der Waals surface area contributed by atoms with Crippen molar-refractivity contribution in [2.75, 3.05) is 13.7 Å². The highest BCUT2D eigenvalue weighted by molar-refractivity contribution is 9.11. The molecule has 3 nitrogen and oxygen atoms in total. The van der Waals surface area contributed by atoms with Crippen LogP contribution in [0.2, 0.25) is 0 Å². The normalized spacial score (nSPS) is 12.1. The van der Waals surface area contributed by atoms with Crippen LogP contribution < -0.4 is 10.1 Å². The van der Waals surface area contributed by atoms with E-state index < -0.39 is 0 Å². The van der Waals surface area contributed by atoms with E-state index in [0.717, 1.165) is 32.3 Å². The van der Waals surface area contributed by atoms with Crippen LogP contribution in [0.1, 0.15) is 23.3 Å². The number of carbonyl (C=O) groups is 1. The average Bonchev–Trinajstić information content (AvgIpc) is 3.05. The summed E-state index contributed by atoms with van der Waals surface area (Å²) in [4.78, 5) is 13.7. The second-order valence-corrected chi connectivity index (χ2v) is 8.49. The molecule has 0 aliphatic carbocycles. The van der Waals surface area contributed by atoms with Crippen LogP contribution in [-0.4, -0.2) is 19.6 Å². The van der Waals surface area contributed by atoms with E-state index in [9.17, 15) is 4.79 Å². The Kier molecular flexibility index (Phi) is 5.76. The number of carbonyl (C=O) groups excluding carboxylic acids is 1. The van der Waals surface area contributed by atoms with Crippen LogP contribution >= 0.6 is 27.3 Å². The van der Waals surface area contributed by atoms with Crippen molar-refractivity contribution in [2.24, 2.45) is 0 Å². The van der Waals surface area contributed by atoms with E-state index in [0.29, 0.717) is 6.54 Å². The first kappa shape index (κ1) is 18.0. The number of hydrogen-bond acceptors (Lipinski definition) is 3. The number of nitrogens with one attached hydrogen (secondary N) is 1. The molecule has 1 heterocycles. The first-order valence-electron chi connectivity index (χ1n) is 8.16. The van der Waals surface area contributed by atoms with E-state index in [2.05, 4.69) is 33.4 Å². The van der Waals surface area contributed by atoms with Crippen LogP contribution in [0.15, 0.2) is 52.3 Å². The predicted molar refractivity (Wildman–Crippen MR) is 108 cm³/mol. The number of ether oxygens (including phenoxy) is 1. The zero-order chi connectivity index (χ0) is 17.8. The zero-order valence-corrected chi connectivity index (χ0v) is 16.6. The number of thiophene rings is 1. The second kappa shape index (κ2) is 8.02. The molecule has 3 rings (SSSR count). The molecule has 130 valence electrons. The van der Waals surface area contributed by atoms with Gasteiger partial charge in [0.25, 0.3) is 0 Å². The third-order valence-corrected chi connectivity index (χ3v) is 5.95.